The fraction of sp³-hybridized carbons (Fsp3) is 0.235. The van der Waals surface area contributed by atoms with Crippen molar-refractivity contribution in [1.82, 2.24) is 4.90 Å². The first-order chi connectivity index (χ1) is 11.5. The summed E-state index contributed by atoms with van der Waals surface area (Å²) < 4.78 is 0. The summed E-state index contributed by atoms with van der Waals surface area (Å²) in [5, 5.41) is 11.3. The van der Waals surface area contributed by atoms with Crippen molar-refractivity contribution in [3.63, 3.8) is 0 Å². The van der Waals surface area contributed by atoms with Crippen LogP contribution in [0, 0.1) is 10.1 Å². The normalized spacial score (nSPS) is 10.4. The summed E-state index contributed by atoms with van der Waals surface area (Å²) in [7, 11) is 1.67. The molecule has 0 saturated carbocycles. The van der Waals surface area contributed by atoms with Crippen LogP contribution in [0.1, 0.15) is 12.0 Å². The fourth-order valence-electron chi connectivity index (χ4n) is 2.10. The molecule has 24 heavy (non-hydrogen) atoms. The minimum absolute atomic E-state index is 0.0268. The highest BCUT2D eigenvalue weighted by molar-refractivity contribution is 7.99. The average Bonchev–Trinajstić information content (AvgIpc) is 2.57. The lowest BCUT2D eigenvalue weighted by atomic mass is 10.2. The van der Waals surface area contributed by atoms with Gasteiger partial charge in [-0.3, -0.25) is 14.9 Å². The molecular formula is C17H17ClN2O3S. The maximum atomic E-state index is 12.2. The predicted octanol–water partition coefficient (Wildman–Crippen LogP) is 4.39. The maximum absolute atomic E-state index is 12.2. The molecule has 5 nitrogen and oxygen atoms in total. The van der Waals surface area contributed by atoms with Gasteiger partial charge in [0.25, 0.3) is 5.69 Å². The summed E-state index contributed by atoms with van der Waals surface area (Å²) in [6, 6.07) is 14.1. The van der Waals surface area contributed by atoms with Crippen LogP contribution in [0.2, 0.25) is 5.02 Å². The van der Waals surface area contributed by atoms with Crippen LogP contribution in [0.15, 0.2) is 53.4 Å². The number of benzene rings is 2. The predicted molar refractivity (Wildman–Crippen MR) is 96.4 cm³/mol. The van der Waals surface area contributed by atoms with Gasteiger partial charge in [-0.2, -0.15) is 0 Å². The highest BCUT2D eigenvalue weighted by Gasteiger charge is 2.14. The Labute approximate surface area is 149 Å². The van der Waals surface area contributed by atoms with Crippen LogP contribution < -0.4 is 0 Å². The first kappa shape index (κ1) is 18.3. The largest absolute Gasteiger partial charge is 0.341 e. The molecule has 0 atom stereocenters. The number of rotatable bonds is 7. The average molecular weight is 365 g/mol. The zero-order valence-electron chi connectivity index (χ0n) is 13.1. The second-order valence-corrected chi connectivity index (χ2v) is 6.77. The van der Waals surface area contributed by atoms with E-state index in [0.717, 1.165) is 4.90 Å². The minimum atomic E-state index is -0.474. The molecule has 0 aliphatic rings. The molecule has 0 spiro atoms. The lowest BCUT2D eigenvalue weighted by Crippen LogP contribution is -2.26. The zero-order valence-corrected chi connectivity index (χ0v) is 14.7. The Bertz CT molecular complexity index is 725. The Kier molecular flexibility index (Phi) is 6.63. The van der Waals surface area contributed by atoms with Crippen molar-refractivity contribution < 1.29 is 9.72 Å². The highest BCUT2D eigenvalue weighted by Crippen LogP contribution is 2.24. The topological polar surface area (TPSA) is 63.4 Å². The number of halogens is 1. The Morgan fingerprint density at radius 1 is 1.25 bits per heavy atom. The number of thioether (sulfide) groups is 1. The van der Waals surface area contributed by atoms with Crippen molar-refractivity contribution >= 4 is 35.0 Å². The number of hydrogen-bond donors (Lipinski definition) is 0. The molecule has 0 N–H and O–H groups in total. The van der Waals surface area contributed by atoms with E-state index in [0.29, 0.717) is 22.8 Å². The van der Waals surface area contributed by atoms with Gasteiger partial charge in [0.15, 0.2) is 0 Å². The molecule has 0 heterocycles. The van der Waals surface area contributed by atoms with Crippen LogP contribution in [-0.2, 0) is 11.3 Å². The van der Waals surface area contributed by atoms with Crippen LogP contribution >= 0.6 is 23.4 Å². The number of non-ortho nitro benzene ring substituents is 1. The number of hydrogen-bond acceptors (Lipinski definition) is 4. The van der Waals surface area contributed by atoms with Gasteiger partial charge in [0, 0.05) is 47.8 Å². The third-order valence-electron chi connectivity index (χ3n) is 3.40. The molecule has 1 amide bonds. The lowest BCUT2D eigenvalue weighted by Gasteiger charge is -2.18. The molecule has 0 bridgehead atoms. The second-order valence-electron chi connectivity index (χ2n) is 5.19. The molecule has 0 saturated heterocycles. The van der Waals surface area contributed by atoms with Crippen molar-refractivity contribution in [2.75, 3.05) is 12.8 Å². The molecule has 0 aromatic heterocycles. The summed E-state index contributed by atoms with van der Waals surface area (Å²) in [5.74, 6) is 0.650. The molecule has 7 heteroatoms. The monoisotopic (exact) mass is 364 g/mol. The van der Waals surface area contributed by atoms with E-state index >= 15 is 0 Å². The Morgan fingerprint density at radius 2 is 1.96 bits per heavy atom. The fourth-order valence-corrected chi connectivity index (χ4v) is 3.14. The molecule has 0 aliphatic carbocycles. The molecular weight excluding hydrogens is 348 g/mol. The number of nitrogens with zero attached hydrogens (tertiary/aromatic N) is 2. The minimum Gasteiger partial charge on any atom is -0.341 e. The van der Waals surface area contributed by atoms with Crippen LogP contribution in [0.4, 0.5) is 5.69 Å². The molecule has 0 radical (unpaired) electrons. The molecule has 0 fully saturated rings. The van der Waals surface area contributed by atoms with Crippen LogP contribution in [-0.4, -0.2) is 28.5 Å². The van der Waals surface area contributed by atoms with Crippen molar-refractivity contribution in [3.05, 3.63) is 69.2 Å². The first-order valence-electron chi connectivity index (χ1n) is 7.32. The Morgan fingerprint density at radius 3 is 2.62 bits per heavy atom. The maximum Gasteiger partial charge on any atom is 0.269 e. The van der Waals surface area contributed by atoms with Gasteiger partial charge in [-0.15, -0.1) is 11.8 Å². The lowest BCUT2D eigenvalue weighted by molar-refractivity contribution is -0.384. The van der Waals surface area contributed by atoms with Gasteiger partial charge in [0.1, 0.15) is 0 Å². The van der Waals surface area contributed by atoms with Gasteiger partial charge < -0.3 is 4.90 Å². The molecule has 2 aromatic carbocycles. The number of carbonyl (C=O) groups is 1. The van der Waals surface area contributed by atoms with E-state index in [4.69, 9.17) is 11.6 Å². The van der Waals surface area contributed by atoms with E-state index < -0.39 is 4.92 Å². The van der Waals surface area contributed by atoms with Crippen molar-refractivity contribution in [3.8, 4) is 0 Å². The smallest absolute Gasteiger partial charge is 0.269 e. The highest BCUT2D eigenvalue weighted by atomic mass is 35.5. The molecule has 2 aromatic rings. The van der Waals surface area contributed by atoms with Gasteiger partial charge in [-0.1, -0.05) is 29.8 Å². The molecule has 126 valence electrons. The summed E-state index contributed by atoms with van der Waals surface area (Å²) in [5.41, 5.74) is 0.535. The number of carbonyl (C=O) groups excluding carboxylic acids is 1. The van der Waals surface area contributed by atoms with Crippen molar-refractivity contribution in [2.24, 2.45) is 0 Å². The van der Waals surface area contributed by atoms with E-state index in [1.54, 1.807) is 18.8 Å². The first-order valence-corrected chi connectivity index (χ1v) is 8.68. The van der Waals surface area contributed by atoms with E-state index in [2.05, 4.69) is 0 Å². The Hall–Kier alpha value is -2.05. The second kappa shape index (κ2) is 8.70. The van der Waals surface area contributed by atoms with Gasteiger partial charge in [-0.25, -0.2) is 0 Å². The SMILES string of the molecule is CN(Cc1cc([N+](=O)[O-])ccc1Cl)C(=O)CCSc1ccccc1. The van der Waals surface area contributed by atoms with E-state index in [1.165, 1.54) is 23.1 Å². The summed E-state index contributed by atoms with van der Waals surface area (Å²) in [6.07, 6.45) is 0.391. The van der Waals surface area contributed by atoms with Crippen molar-refractivity contribution in [2.45, 2.75) is 17.9 Å². The van der Waals surface area contributed by atoms with Gasteiger partial charge in [0.05, 0.1) is 4.92 Å². The Balaban J connectivity index is 1.89. The summed E-state index contributed by atoms with van der Waals surface area (Å²) in [4.78, 5) is 25.2. The number of amides is 1. The van der Waals surface area contributed by atoms with Gasteiger partial charge in [-0.05, 0) is 23.8 Å². The van der Waals surface area contributed by atoms with E-state index in [9.17, 15) is 14.9 Å². The van der Waals surface area contributed by atoms with Gasteiger partial charge >= 0.3 is 0 Å². The summed E-state index contributed by atoms with van der Waals surface area (Å²) >= 11 is 7.69. The van der Waals surface area contributed by atoms with Crippen molar-refractivity contribution in [1.29, 1.82) is 0 Å². The van der Waals surface area contributed by atoms with E-state index in [1.807, 2.05) is 30.3 Å². The van der Waals surface area contributed by atoms with Crippen LogP contribution in [0.5, 0.6) is 0 Å². The van der Waals surface area contributed by atoms with Crippen LogP contribution in [0.25, 0.3) is 0 Å². The molecule has 0 unspecified atom stereocenters. The zero-order chi connectivity index (χ0) is 17.5. The van der Waals surface area contributed by atoms with Gasteiger partial charge in [0.2, 0.25) is 5.91 Å². The standard InChI is InChI=1S/C17H17ClN2O3S/c1-19(12-13-11-14(20(22)23)7-8-16(13)18)17(21)9-10-24-15-5-3-2-4-6-15/h2-8,11H,9-10,12H2,1H3. The quantitative estimate of drug-likeness (QED) is 0.415. The molecule has 2 rings (SSSR count). The summed E-state index contributed by atoms with van der Waals surface area (Å²) in [6.45, 7) is 0.245. The van der Waals surface area contributed by atoms with E-state index in [-0.39, 0.29) is 18.1 Å². The third-order valence-corrected chi connectivity index (χ3v) is 4.78. The molecule has 0 aliphatic heterocycles. The number of nitro groups is 1. The van der Waals surface area contributed by atoms with Crippen LogP contribution in [0.3, 0.4) is 0 Å². The number of nitro benzene ring substituents is 1. The third kappa shape index (κ3) is 5.25.